The van der Waals surface area contributed by atoms with Gasteiger partial charge in [0.25, 0.3) is 0 Å². The third-order valence-corrected chi connectivity index (χ3v) is 3.96. The zero-order chi connectivity index (χ0) is 12.6. The molecule has 2 heteroatoms. The summed E-state index contributed by atoms with van der Waals surface area (Å²) in [6.45, 7) is 7.52. The van der Waals surface area contributed by atoms with E-state index >= 15 is 0 Å². The summed E-state index contributed by atoms with van der Waals surface area (Å²) in [7, 11) is 0. The number of benzene rings is 1. The second kappa shape index (κ2) is 4.34. The Hall–Kier alpha value is -1.02. The van der Waals surface area contributed by atoms with Crippen LogP contribution in [0.3, 0.4) is 0 Å². The van der Waals surface area contributed by atoms with Gasteiger partial charge in [0.05, 0.1) is 0 Å². The highest BCUT2D eigenvalue weighted by molar-refractivity contribution is 5.40. The number of aromatic hydroxyl groups is 1. The van der Waals surface area contributed by atoms with Gasteiger partial charge in [-0.3, -0.25) is 0 Å². The molecule has 0 saturated carbocycles. The molecule has 1 aliphatic carbocycles. The molecule has 2 unspecified atom stereocenters. The number of phenolic OH excluding ortho intramolecular Hbond substituents is 1. The van der Waals surface area contributed by atoms with Gasteiger partial charge in [-0.05, 0) is 59.9 Å². The van der Waals surface area contributed by atoms with E-state index in [0.717, 1.165) is 19.4 Å². The van der Waals surface area contributed by atoms with E-state index in [1.54, 1.807) is 6.07 Å². The predicted molar refractivity (Wildman–Crippen MR) is 71.2 cm³/mol. The summed E-state index contributed by atoms with van der Waals surface area (Å²) in [5.74, 6) is 1.35. The minimum atomic E-state index is 0.188. The number of hydrogen-bond donors (Lipinski definition) is 2. The van der Waals surface area contributed by atoms with Gasteiger partial charge in [0.1, 0.15) is 5.75 Å². The first-order valence-electron chi connectivity index (χ1n) is 6.45. The topological polar surface area (TPSA) is 46.2 Å². The summed E-state index contributed by atoms with van der Waals surface area (Å²) >= 11 is 0. The van der Waals surface area contributed by atoms with Crippen molar-refractivity contribution in [2.45, 2.75) is 39.5 Å². The van der Waals surface area contributed by atoms with Crippen LogP contribution in [0.1, 0.15) is 44.2 Å². The summed E-state index contributed by atoms with van der Waals surface area (Å²) in [5.41, 5.74) is 8.80. The SMILES string of the molecule is CC(C)(C)C1c2cc(O)ccc2CCC1CN. The molecule has 17 heavy (non-hydrogen) atoms. The van der Waals surface area contributed by atoms with E-state index in [1.165, 1.54) is 11.1 Å². The summed E-state index contributed by atoms with van der Waals surface area (Å²) in [6, 6.07) is 5.80. The van der Waals surface area contributed by atoms with Gasteiger partial charge in [-0.15, -0.1) is 0 Å². The molecule has 0 spiro atoms. The Kier molecular flexibility index (Phi) is 3.17. The minimum absolute atomic E-state index is 0.188. The molecular formula is C15H23NO. The second-order valence-electron chi connectivity index (χ2n) is 6.26. The fourth-order valence-corrected chi connectivity index (χ4v) is 3.29. The zero-order valence-electron chi connectivity index (χ0n) is 11.0. The maximum Gasteiger partial charge on any atom is 0.115 e. The number of rotatable bonds is 1. The molecule has 2 rings (SSSR count). The van der Waals surface area contributed by atoms with Crippen molar-refractivity contribution in [1.82, 2.24) is 0 Å². The van der Waals surface area contributed by atoms with Crippen LogP contribution in [0.25, 0.3) is 0 Å². The molecule has 0 heterocycles. The lowest BCUT2D eigenvalue weighted by atomic mass is 9.64. The summed E-state index contributed by atoms with van der Waals surface area (Å²) in [4.78, 5) is 0. The van der Waals surface area contributed by atoms with Crippen LogP contribution in [-0.4, -0.2) is 11.7 Å². The first kappa shape index (κ1) is 12.4. The lowest BCUT2D eigenvalue weighted by molar-refractivity contribution is 0.216. The highest BCUT2D eigenvalue weighted by Crippen LogP contribution is 2.47. The van der Waals surface area contributed by atoms with Gasteiger partial charge in [-0.2, -0.15) is 0 Å². The Labute approximate surface area is 104 Å². The van der Waals surface area contributed by atoms with Crippen molar-refractivity contribution in [3.05, 3.63) is 29.3 Å². The number of phenols is 1. The molecule has 0 fully saturated rings. The number of fused-ring (bicyclic) bond motifs is 1. The van der Waals surface area contributed by atoms with E-state index in [2.05, 4.69) is 26.8 Å². The maximum absolute atomic E-state index is 9.70. The van der Waals surface area contributed by atoms with Crippen molar-refractivity contribution >= 4 is 0 Å². The lowest BCUT2D eigenvalue weighted by Crippen LogP contribution is -2.34. The molecule has 1 aliphatic rings. The van der Waals surface area contributed by atoms with Crippen LogP contribution < -0.4 is 5.73 Å². The van der Waals surface area contributed by atoms with E-state index in [4.69, 9.17) is 5.73 Å². The van der Waals surface area contributed by atoms with Gasteiger partial charge in [0, 0.05) is 0 Å². The Morgan fingerprint density at radius 1 is 1.35 bits per heavy atom. The quantitative estimate of drug-likeness (QED) is 0.783. The van der Waals surface area contributed by atoms with Crippen molar-refractivity contribution in [1.29, 1.82) is 0 Å². The molecule has 0 saturated heterocycles. The molecular weight excluding hydrogens is 210 g/mol. The number of aryl methyl sites for hydroxylation is 1. The van der Waals surface area contributed by atoms with Crippen LogP contribution in [0.5, 0.6) is 5.75 Å². The zero-order valence-corrected chi connectivity index (χ0v) is 11.0. The number of hydrogen-bond acceptors (Lipinski definition) is 2. The first-order valence-corrected chi connectivity index (χ1v) is 6.45. The monoisotopic (exact) mass is 233 g/mol. The van der Waals surface area contributed by atoms with Crippen LogP contribution in [0.4, 0.5) is 0 Å². The lowest BCUT2D eigenvalue weighted by Gasteiger charge is -2.41. The molecule has 94 valence electrons. The highest BCUT2D eigenvalue weighted by Gasteiger charge is 2.36. The van der Waals surface area contributed by atoms with Crippen LogP contribution in [0.2, 0.25) is 0 Å². The van der Waals surface area contributed by atoms with E-state index in [0.29, 0.717) is 17.6 Å². The molecule has 1 aromatic carbocycles. The molecule has 3 N–H and O–H groups in total. The molecule has 0 aliphatic heterocycles. The van der Waals surface area contributed by atoms with E-state index in [1.807, 2.05) is 6.07 Å². The molecule has 0 amide bonds. The van der Waals surface area contributed by atoms with E-state index in [-0.39, 0.29) is 5.41 Å². The smallest absolute Gasteiger partial charge is 0.115 e. The fourth-order valence-electron chi connectivity index (χ4n) is 3.29. The van der Waals surface area contributed by atoms with Crippen molar-refractivity contribution < 1.29 is 5.11 Å². The van der Waals surface area contributed by atoms with Crippen molar-refractivity contribution in [2.24, 2.45) is 17.1 Å². The molecule has 1 aromatic rings. The summed E-state index contributed by atoms with van der Waals surface area (Å²) in [6.07, 6.45) is 2.25. The van der Waals surface area contributed by atoms with Crippen LogP contribution in [0, 0.1) is 11.3 Å². The normalized spacial score (nSPS) is 24.5. The molecule has 2 nitrogen and oxygen atoms in total. The first-order chi connectivity index (χ1) is 7.93. The van der Waals surface area contributed by atoms with Gasteiger partial charge in [-0.25, -0.2) is 0 Å². The summed E-state index contributed by atoms with van der Waals surface area (Å²) < 4.78 is 0. The molecule has 0 radical (unpaired) electrons. The Morgan fingerprint density at radius 3 is 2.65 bits per heavy atom. The fraction of sp³-hybridized carbons (Fsp3) is 0.600. The molecule has 2 atom stereocenters. The molecule has 0 bridgehead atoms. The van der Waals surface area contributed by atoms with E-state index in [9.17, 15) is 5.11 Å². The third-order valence-electron chi connectivity index (χ3n) is 3.96. The van der Waals surface area contributed by atoms with Crippen LogP contribution >= 0.6 is 0 Å². The molecule has 0 aromatic heterocycles. The summed E-state index contributed by atoms with van der Waals surface area (Å²) in [5, 5.41) is 9.70. The van der Waals surface area contributed by atoms with Gasteiger partial charge < -0.3 is 10.8 Å². The number of nitrogens with two attached hydrogens (primary N) is 1. The van der Waals surface area contributed by atoms with Gasteiger partial charge in [0.15, 0.2) is 0 Å². The van der Waals surface area contributed by atoms with Crippen molar-refractivity contribution in [2.75, 3.05) is 6.54 Å². The largest absolute Gasteiger partial charge is 0.508 e. The van der Waals surface area contributed by atoms with Gasteiger partial charge in [0.2, 0.25) is 0 Å². The standard InChI is InChI=1S/C15H23NO/c1-15(2,3)14-11(9-16)5-4-10-6-7-12(17)8-13(10)14/h6-8,11,14,17H,4-5,9,16H2,1-3H3. The Balaban J connectivity index is 2.49. The average molecular weight is 233 g/mol. The predicted octanol–water partition coefficient (Wildman–Crippen LogP) is 3.04. The Morgan fingerprint density at radius 2 is 2.06 bits per heavy atom. The second-order valence-corrected chi connectivity index (χ2v) is 6.26. The third kappa shape index (κ3) is 2.32. The van der Waals surface area contributed by atoms with Crippen LogP contribution in [-0.2, 0) is 6.42 Å². The van der Waals surface area contributed by atoms with Crippen molar-refractivity contribution in [3.63, 3.8) is 0 Å². The Bertz CT molecular complexity index is 406. The van der Waals surface area contributed by atoms with Crippen LogP contribution in [0.15, 0.2) is 18.2 Å². The highest BCUT2D eigenvalue weighted by atomic mass is 16.3. The van der Waals surface area contributed by atoms with E-state index < -0.39 is 0 Å². The van der Waals surface area contributed by atoms with Crippen molar-refractivity contribution in [3.8, 4) is 5.75 Å². The maximum atomic E-state index is 9.70. The van der Waals surface area contributed by atoms with Gasteiger partial charge >= 0.3 is 0 Å². The average Bonchev–Trinajstić information content (AvgIpc) is 2.25. The van der Waals surface area contributed by atoms with Gasteiger partial charge in [-0.1, -0.05) is 26.8 Å². The minimum Gasteiger partial charge on any atom is -0.508 e.